The summed E-state index contributed by atoms with van der Waals surface area (Å²) in [6.07, 6.45) is 10.6. The number of carbonyl (C=O) groups excluding carboxylic acids is 1. The Bertz CT molecular complexity index is 1950. The lowest BCUT2D eigenvalue weighted by atomic mass is 9.85. The predicted molar refractivity (Wildman–Crippen MR) is 217 cm³/mol. The van der Waals surface area contributed by atoms with Crippen LogP contribution in [-0.4, -0.2) is 66.0 Å². The second-order valence-corrected chi connectivity index (χ2v) is 15.8. The number of urea groups is 1. The van der Waals surface area contributed by atoms with Crippen molar-refractivity contribution in [1.82, 2.24) is 20.1 Å². The summed E-state index contributed by atoms with van der Waals surface area (Å²) in [5.41, 5.74) is 9.45. The number of hydrogen-bond acceptors (Lipinski definition) is 9. The maximum atomic E-state index is 13.7. The number of pyridine rings is 1. The molecule has 0 saturated carbocycles. The first-order valence-corrected chi connectivity index (χ1v) is 19.9. The average Bonchev–Trinajstić information content (AvgIpc) is 3.18. The fourth-order valence-electron chi connectivity index (χ4n) is 7.20. The number of likely N-dealkylation sites (tertiary alicyclic amines) is 1. The van der Waals surface area contributed by atoms with Crippen LogP contribution in [0.5, 0.6) is 11.5 Å². The molecule has 0 bridgehead atoms. The highest BCUT2D eigenvalue weighted by Crippen LogP contribution is 2.38. The molecule has 300 valence electrons. The van der Waals surface area contributed by atoms with Crippen molar-refractivity contribution in [1.29, 1.82) is 10.8 Å². The van der Waals surface area contributed by atoms with Gasteiger partial charge in [0.05, 0.1) is 24.5 Å². The van der Waals surface area contributed by atoms with E-state index in [0.29, 0.717) is 60.7 Å². The van der Waals surface area contributed by atoms with Crippen LogP contribution in [0.1, 0.15) is 102 Å². The molecule has 2 saturated heterocycles. The van der Waals surface area contributed by atoms with Crippen LogP contribution < -0.4 is 31.3 Å². The van der Waals surface area contributed by atoms with Crippen LogP contribution in [0.4, 0.5) is 10.5 Å². The third-order valence-corrected chi connectivity index (χ3v) is 10.5. The zero-order chi connectivity index (χ0) is 39.7. The molecule has 0 radical (unpaired) electrons. The number of allylic oxidation sites excluding steroid dienone is 1. The van der Waals surface area contributed by atoms with Gasteiger partial charge in [0.25, 0.3) is 0 Å². The number of amides is 2. The van der Waals surface area contributed by atoms with Gasteiger partial charge in [-0.15, -0.1) is 0 Å². The van der Waals surface area contributed by atoms with Crippen molar-refractivity contribution in [2.45, 2.75) is 104 Å². The van der Waals surface area contributed by atoms with Crippen LogP contribution in [-0.2, 0) is 9.47 Å². The Morgan fingerprint density at radius 1 is 0.982 bits per heavy atom. The first kappa shape index (κ1) is 40.5. The standard InChI is InChI=1S/C43H58N8O5/c1-29-12-7-9-22-50(29)41(46)51-28-32(18-21-38(51)45)56-36-20-19-35(33-15-5-6-16-34(33)36)48-42(52)49-39(27-37(44)43(2,3)4)47-30-13-11-14-31(26-30)53-24-25-55-40-17-8-10-23-54-40/h5-6,11,13-16,18,21,26-29,35-36,40,45-46H,7-10,12,17,19-20,22-25,44H2,1-4H3,(H2,47,48,49,52)/b37-27-,45-38?,46-41?/t29-,35-,36+,40?/m0/s1. The smallest absolute Gasteiger partial charge is 0.320 e. The molecule has 13 heteroatoms. The van der Waals surface area contributed by atoms with Gasteiger partial charge in [-0.3, -0.25) is 20.7 Å². The number of ether oxygens (including phenoxy) is 4. The van der Waals surface area contributed by atoms with Crippen LogP contribution in [0.3, 0.4) is 0 Å². The minimum atomic E-state index is -0.409. The number of piperidine rings is 1. The lowest BCUT2D eigenvalue weighted by Gasteiger charge is -2.36. The van der Waals surface area contributed by atoms with E-state index in [1.165, 1.54) is 0 Å². The molecule has 6 N–H and O–H groups in total. The number of hydrogen-bond donors (Lipinski definition) is 5. The van der Waals surface area contributed by atoms with E-state index in [1.807, 2.05) is 69.3 Å². The van der Waals surface area contributed by atoms with Gasteiger partial charge in [0, 0.05) is 42.4 Å². The second-order valence-electron chi connectivity index (χ2n) is 15.8. The van der Waals surface area contributed by atoms with Gasteiger partial charge in [-0.1, -0.05) is 51.1 Å². The third-order valence-electron chi connectivity index (χ3n) is 10.5. The minimum absolute atomic E-state index is 0.171. The molecule has 2 aliphatic heterocycles. The molecule has 1 aliphatic carbocycles. The first-order chi connectivity index (χ1) is 26.9. The highest BCUT2D eigenvalue weighted by molar-refractivity contribution is 6.05. The Kier molecular flexibility index (Phi) is 13.5. The Morgan fingerprint density at radius 2 is 1.79 bits per heavy atom. The number of fused-ring (bicyclic) bond motifs is 1. The van der Waals surface area contributed by atoms with Crippen LogP contribution in [0.25, 0.3) is 0 Å². The molecular formula is C43H58N8O5. The summed E-state index contributed by atoms with van der Waals surface area (Å²) >= 11 is 0. The van der Waals surface area contributed by atoms with Gasteiger partial charge in [-0.05, 0) is 93.7 Å². The highest BCUT2D eigenvalue weighted by Gasteiger charge is 2.30. The molecule has 3 aliphatic rings. The summed E-state index contributed by atoms with van der Waals surface area (Å²) in [6, 6.07) is 18.4. The summed E-state index contributed by atoms with van der Waals surface area (Å²) in [6.45, 7) is 10.5. The molecule has 0 spiro atoms. The van der Waals surface area contributed by atoms with Crippen molar-refractivity contribution < 1.29 is 23.7 Å². The Hall–Kier alpha value is -5.14. The molecule has 3 aromatic rings. The van der Waals surface area contributed by atoms with E-state index in [4.69, 9.17) is 40.5 Å². The predicted octanol–water partition coefficient (Wildman–Crippen LogP) is 7.42. The molecule has 1 aromatic heterocycles. The van der Waals surface area contributed by atoms with Gasteiger partial charge in [0.1, 0.15) is 35.5 Å². The molecule has 1 unspecified atom stereocenters. The van der Waals surface area contributed by atoms with Gasteiger partial charge in [-0.2, -0.15) is 0 Å². The summed E-state index contributed by atoms with van der Waals surface area (Å²) < 4.78 is 25.5. The van der Waals surface area contributed by atoms with Crippen molar-refractivity contribution in [2.24, 2.45) is 16.1 Å². The SMILES string of the molecule is C[C@H]1CCCCN1C(=N)n1cc(O[C@@H]2CC[C@H](NC(=O)NC(/C=C(\N)C(C)(C)C)=Nc3cccc(OCCOC4CCCCO4)c3)c3ccccc32)ccc1=N. The summed E-state index contributed by atoms with van der Waals surface area (Å²) in [4.78, 5) is 20.5. The van der Waals surface area contributed by atoms with Gasteiger partial charge in [0.2, 0.25) is 5.96 Å². The van der Waals surface area contributed by atoms with E-state index in [1.54, 1.807) is 29.0 Å². The normalized spacial score (nSPS) is 21.8. The molecular weight excluding hydrogens is 709 g/mol. The van der Waals surface area contributed by atoms with E-state index in [-0.39, 0.29) is 35.4 Å². The Morgan fingerprint density at radius 3 is 2.55 bits per heavy atom. The average molecular weight is 767 g/mol. The highest BCUT2D eigenvalue weighted by atomic mass is 16.7. The largest absolute Gasteiger partial charge is 0.491 e. The molecule has 2 amide bonds. The number of benzene rings is 2. The quantitative estimate of drug-likeness (QED) is 0.0812. The number of nitrogens with two attached hydrogens (primary N) is 1. The number of aliphatic imine (C=N–C) groups is 1. The molecule has 6 rings (SSSR count). The van der Waals surface area contributed by atoms with Gasteiger partial charge in [0.15, 0.2) is 6.29 Å². The van der Waals surface area contributed by atoms with Crippen molar-refractivity contribution in [3.63, 3.8) is 0 Å². The van der Waals surface area contributed by atoms with E-state index >= 15 is 0 Å². The van der Waals surface area contributed by atoms with Crippen molar-refractivity contribution in [3.8, 4) is 11.5 Å². The maximum absolute atomic E-state index is 13.7. The summed E-state index contributed by atoms with van der Waals surface area (Å²) in [5.74, 6) is 1.80. The summed E-state index contributed by atoms with van der Waals surface area (Å²) in [5, 5.41) is 23.5. The monoisotopic (exact) mass is 766 g/mol. The molecule has 2 fully saturated rings. The van der Waals surface area contributed by atoms with Gasteiger partial charge >= 0.3 is 6.03 Å². The van der Waals surface area contributed by atoms with E-state index < -0.39 is 6.03 Å². The van der Waals surface area contributed by atoms with Crippen molar-refractivity contribution in [3.05, 3.63) is 95.2 Å². The van der Waals surface area contributed by atoms with Gasteiger partial charge in [-0.25, -0.2) is 9.79 Å². The maximum Gasteiger partial charge on any atom is 0.320 e. The third kappa shape index (κ3) is 10.8. The van der Waals surface area contributed by atoms with Crippen LogP contribution in [0.2, 0.25) is 0 Å². The van der Waals surface area contributed by atoms with E-state index in [9.17, 15) is 4.79 Å². The topological polar surface area (TPSA) is 172 Å². The molecule has 3 heterocycles. The van der Waals surface area contributed by atoms with Gasteiger partial charge < -0.3 is 34.9 Å². The number of nitrogens with zero attached hydrogens (tertiary/aromatic N) is 3. The number of nitrogens with one attached hydrogen (secondary N) is 4. The van der Waals surface area contributed by atoms with Crippen LogP contribution >= 0.6 is 0 Å². The molecule has 56 heavy (non-hydrogen) atoms. The Labute approximate surface area is 330 Å². The van der Waals surface area contributed by atoms with E-state index in [2.05, 4.69) is 22.5 Å². The number of amidine groups is 1. The molecule has 4 atom stereocenters. The molecule has 13 nitrogen and oxygen atoms in total. The number of aromatic nitrogens is 1. The lowest BCUT2D eigenvalue weighted by Crippen LogP contribution is -2.47. The number of rotatable bonds is 10. The molecule has 2 aromatic carbocycles. The lowest BCUT2D eigenvalue weighted by molar-refractivity contribution is -0.165. The van der Waals surface area contributed by atoms with Crippen LogP contribution in [0.15, 0.2) is 83.6 Å². The fraction of sp³-hybridized carbons (Fsp3) is 0.488. The van der Waals surface area contributed by atoms with Crippen molar-refractivity contribution >= 4 is 23.5 Å². The fourth-order valence-corrected chi connectivity index (χ4v) is 7.20. The Balaban J connectivity index is 1.13. The summed E-state index contributed by atoms with van der Waals surface area (Å²) in [7, 11) is 0. The minimum Gasteiger partial charge on any atom is -0.491 e. The zero-order valence-corrected chi connectivity index (χ0v) is 33.2. The number of carbonyl (C=O) groups is 1. The van der Waals surface area contributed by atoms with Crippen molar-refractivity contribution in [2.75, 3.05) is 26.4 Å². The van der Waals surface area contributed by atoms with E-state index in [0.717, 1.165) is 62.8 Å². The van der Waals surface area contributed by atoms with Crippen LogP contribution in [0, 0.1) is 16.2 Å². The first-order valence-electron chi connectivity index (χ1n) is 19.9. The second kappa shape index (κ2) is 18.7. The zero-order valence-electron chi connectivity index (χ0n) is 33.2.